The highest BCUT2D eigenvalue weighted by molar-refractivity contribution is 5.91. The van der Waals surface area contributed by atoms with Crippen molar-refractivity contribution >= 4 is 5.78 Å². The number of methoxy groups -OCH3 is 1. The summed E-state index contributed by atoms with van der Waals surface area (Å²) in [4.78, 5) is 11.5. The number of ether oxygens (including phenoxy) is 2. The van der Waals surface area contributed by atoms with Gasteiger partial charge in [-0.3, -0.25) is 4.79 Å². The van der Waals surface area contributed by atoms with Crippen molar-refractivity contribution in [2.24, 2.45) is 0 Å². The minimum Gasteiger partial charge on any atom is -0.497 e. The molecule has 0 aliphatic rings. The van der Waals surface area contributed by atoms with Crippen LogP contribution in [0.3, 0.4) is 0 Å². The third-order valence-corrected chi connectivity index (χ3v) is 2.64. The van der Waals surface area contributed by atoms with Crippen molar-refractivity contribution in [1.82, 2.24) is 5.32 Å². The van der Waals surface area contributed by atoms with Gasteiger partial charge in [-0.05, 0) is 31.5 Å². The molecule has 0 atom stereocenters. The van der Waals surface area contributed by atoms with Gasteiger partial charge in [0, 0.05) is 13.5 Å². The molecule has 0 aromatic heterocycles. The van der Waals surface area contributed by atoms with Gasteiger partial charge in [0.05, 0.1) is 12.8 Å². The molecule has 0 amide bonds. The average Bonchev–Trinajstić information content (AvgIpc) is 2.39. The number of carbonyl (C=O) groups is 1. The fourth-order valence-corrected chi connectivity index (χ4v) is 1.70. The number of allylic oxidation sites excluding steroid dienone is 2. The van der Waals surface area contributed by atoms with Crippen LogP contribution in [-0.4, -0.2) is 19.4 Å². The first kappa shape index (κ1) is 15.1. The Labute approximate surface area is 114 Å². The van der Waals surface area contributed by atoms with Gasteiger partial charge in [-0.1, -0.05) is 12.1 Å². The van der Waals surface area contributed by atoms with Crippen LogP contribution in [-0.2, 0) is 16.1 Å². The van der Waals surface area contributed by atoms with Crippen LogP contribution < -0.4 is 10.1 Å². The molecule has 104 valence electrons. The molecular formula is C15H21NO3. The van der Waals surface area contributed by atoms with Gasteiger partial charge in [0.15, 0.2) is 11.5 Å². The van der Waals surface area contributed by atoms with Crippen LogP contribution in [0.4, 0.5) is 0 Å². The highest BCUT2D eigenvalue weighted by Crippen LogP contribution is 2.14. The maximum absolute atomic E-state index is 11.5. The summed E-state index contributed by atoms with van der Waals surface area (Å²) in [6.45, 7) is 6.44. The number of hydrogen-bond donors (Lipinski definition) is 1. The van der Waals surface area contributed by atoms with Gasteiger partial charge < -0.3 is 14.8 Å². The Bertz CT molecular complexity index is 449. The molecule has 1 aromatic carbocycles. The van der Waals surface area contributed by atoms with E-state index in [0.29, 0.717) is 12.4 Å². The molecule has 1 N–H and O–H groups in total. The third kappa shape index (κ3) is 4.66. The van der Waals surface area contributed by atoms with Crippen LogP contribution in [0.5, 0.6) is 5.75 Å². The third-order valence-electron chi connectivity index (χ3n) is 2.64. The van der Waals surface area contributed by atoms with E-state index in [-0.39, 0.29) is 5.78 Å². The second-order valence-electron chi connectivity index (χ2n) is 4.18. The fourth-order valence-electron chi connectivity index (χ4n) is 1.70. The summed E-state index contributed by atoms with van der Waals surface area (Å²) in [6.07, 6.45) is 0. The molecule has 0 unspecified atom stereocenters. The van der Waals surface area contributed by atoms with E-state index in [0.717, 1.165) is 23.6 Å². The molecule has 1 aromatic rings. The van der Waals surface area contributed by atoms with Crippen molar-refractivity contribution in [3.05, 3.63) is 41.3 Å². The van der Waals surface area contributed by atoms with Crippen LogP contribution in [0.2, 0.25) is 0 Å². The summed E-state index contributed by atoms with van der Waals surface area (Å²) >= 11 is 0. The van der Waals surface area contributed by atoms with Crippen LogP contribution >= 0.6 is 0 Å². The fraction of sp³-hybridized carbons (Fsp3) is 0.400. The lowest BCUT2D eigenvalue weighted by Crippen LogP contribution is -2.16. The lowest BCUT2D eigenvalue weighted by atomic mass is 10.2. The van der Waals surface area contributed by atoms with E-state index in [1.54, 1.807) is 7.11 Å². The number of hydrogen-bond acceptors (Lipinski definition) is 4. The van der Waals surface area contributed by atoms with Crippen molar-refractivity contribution in [3.8, 4) is 5.75 Å². The molecule has 0 saturated carbocycles. The monoisotopic (exact) mass is 263 g/mol. The number of ketones is 1. The molecule has 0 spiro atoms. The molecule has 0 bridgehead atoms. The second-order valence-corrected chi connectivity index (χ2v) is 4.18. The van der Waals surface area contributed by atoms with Crippen LogP contribution in [0.15, 0.2) is 35.7 Å². The quantitative estimate of drug-likeness (QED) is 0.607. The van der Waals surface area contributed by atoms with Crippen molar-refractivity contribution in [3.63, 3.8) is 0 Å². The summed E-state index contributed by atoms with van der Waals surface area (Å²) in [6, 6.07) is 7.57. The first-order valence-electron chi connectivity index (χ1n) is 6.29. The zero-order chi connectivity index (χ0) is 14.3. The molecule has 4 nitrogen and oxygen atoms in total. The molecule has 0 fully saturated rings. The Balaban J connectivity index is 2.71. The number of carbonyl (C=O) groups excluding carboxylic acids is 1. The standard InChI is InChI=1S/C15H21NO3/c1-5-16-11(2)15(12(3)17)19-10-13-6-8-14(18-4)9-7-13/h6-9,16H,5,10H2,1-4H3/b15-11-. The molecule has 19 heavy (non-hydrogen) atoms. The predicted molar refractivity (Wildman–Crippen MR) is 74.8 cm³/mol. The Morgan fingerprint density at radius 3 is 2.32 bits per heavy atom. The van der Waals surface area contributed by atoms with Gasteiger partial charge in [0.25, 0.3) is 0 Å². The van der Waals surface area contributed by atoms with Gasteiger partial charge in [-0.25, -0.2) is 0 Å². The molecule has 0 radical (unpaired) electrons. The van der Waals surface area contributed by atoms with Gasteiger partial charge in [-0.2, -0.15) is 0 Å². The smallest absolute Gasteiger partial charge is 0.196 e. The molecule has 1 rings (SSSR count). The second kappa shape index (κ2) is 7.46. The van der Waals surface area contributed by atoms with E-state index in [9.17, 15) is 4.79 Å². The summed E-state index contributed by atoms with van der Waals surface area (Å²) in [5, 5.41) is 3.10. The van der Waals surface area contributed by atoms with E-state index in [1.165, 1.54) is 6.92 Å². The zero-order valence-electron chi connectivity index (χ0n) is 11.9. The van der Waals surface area contributed by atoms with Gasteiger partial charge in [-0.15, -0.1) is 0 Å². The zero-order valence-corrected chi connectivity index (χ0v) is 11.9. The maximum atomic E-state index is 11.5. The number of nitrogens with one attached hydrogen (secondary N) is 1. The van der Waals surface area contributed by atoms with E-state index in [2.05, 4.69) is 5.32 Å². The Morgan fingerprint density at radius 2 is 1.84 bits per heavy atom. The Morgan fingerprint density at radius 1 is 1.21 bits per heavy atom. The van der Waals surface area contributed by atoms with Crippen molar-refractivity contribution in [1.29, 1.82) is 0 Å². The summed E-state index contributed by atoms with van der Waals surface area (Å²) in [7, 11) is 1.63. The van der Waals surface area contributed by atoms with Crippen molar-refractivity contribution in [2.45, 2.75) is 27.4 Å². The van der Waals surface area contributed by atoms with E-state index >= 15 is 0 Å². The van der Waals surface area contributed by atoms with Crippen LogP contribution in [0.25, 0.3) is 0 Å². The number of rotatable bonds is 7. The SMILES string of the molecule is CCN/C(C)=C(\OCc1ccc(OC)cc1)C(C)=O. The molecule has 0 aliphatic heterocycles. The predicted octanol–water partition coefficient (Wildman–Crippen LogP) is 2.64. The first-order valence-corrected chi connectivity index (χ1v) is 6.29. The van der Waals surface area contributed by atoms with Crippen molar-refractivity contribution < 1.29 is 14.3 Å². The maximum Gasteiger partial charge on any atom is 0.196 e. The van der Waals surface area contributed by atoms with Gasteiger partial charge in [0.2, 0.25) is 0 Å². The number of benzene rings is 1. The molecule has 0 aliphatic carbocycles. The minimum absolute atomic E-state index is 0.0769. The van der Waals surface area contributed by atoms with E-state index < -0.39 is 0 Å². The normalized spacial score (nSPS) is 11.6. The average molecular weight is 263 g/mol. The summed E-state index contributed by atoms with van der Waals surface area (Å²) in [5.41, 5.74) is 1.76. The lowest BCUT2D eigenvalue weighted by molar-refractivity contribution is -0.117. The van der Waals surface area contributed by atoms with Crippen molar-refractivity contribution in [2.75, 3.05) is 13.7 Å². The van der Waals surface area contributed by atoms with Crippen LogP contribution in [0, 0.1) is 0 Å². The summed E-state index contributed by atoms with van der Waals surface area (Å²) < 4.78 is 10.7. The largest absolute Gasteiger partial charge is 0.497 e. The minimum atomic E-state index is -0.0769. The van der Waals surface area contributed by atoms with E-state index in [4.69, 9.17) is 9.47 Å². The summed E-state index contributed by atoms with van der Waals surface area (Å²) in [5.74, 6) is 1.11. The van der Waals surface area contributed by atoms with Gasteiger partial charge >= 0.3 is 0 Å². The number of Topliss-reactive ketones (excluding diaryl/α,β-unsaturated/α-hetero) is 1. The van der Waals surface area contributed by atoms with E-state index in [1.807, 2.05) is 38.1 Å². The Hall–Kier alpha value is -1.97. The molecule has 4 heteroatoms. The van der Waals surface area contributed by atoms with Gasteiger partial charge in [0.1, 0.15) is 12.4 Å². The molecule has 0 saturated heterocycles. The highest BCUT2D eigenvalue weighted by Gasteiger charge is 2.10. The Kier molecular flexibility index (Phi) is 5.93. The highest BCUT2D eigenvalue weighted by atomic mass is 16.5. The lowest BCUT2D eigenvalue weighted by Gasteiger charge is -2.12. The first-order chi connectivity index (χ1) is 9.08. The van der Waals surface area contributed by atoms with Crippen LogP contribution in [0.1, 0.15) is 26.3 Å². The molecule has 0 heterocycles. The molecular weight excluding hydrogens is 242 g/mol. The topological polar surface area (TPSA) is 47.6 Å².